The van der Waals surface area contributed by atoms with Crippen molar-refractivity contribution in [2.75, 3.05) is 13.7 Å². The molecular formula is C17H27NO2. The van der Waals surface area contributed by atoms with Gasteiger partial charge in [0, 0.05) is 12.0 Å². The number of ether oxygens (including phenoxy) is 1. The summed E-state index contributed by atoms with van der Waals surface area (Å²) in [5.41, 5.74) is 5.87. The number of benzene rings is 1. The fourth-order valence-corrected chi connectivity index (χ4v) is 3.53. The molecule has 3 heteroatoms. The van der Waals surface area contributed by atoms with Gasteiger partial charge in [0.2, 0.25) is 0 Å². The molecule has 0 aliphatic heterocycles. The van der Waals surface area contributed by atoms with Crippen molar-refractivity contribution in [1.29, 1.82) is 0 Å². The summed E-state index contributed by atoms with van der Waals surface area (Å²) in [7, 11) is 1.65. The van der Waals surface area contributed by atoms with Gasteiger partial charge in [0.25, 0.3) is 0 Å². The van der Waals surface area contributed by atoms with Gasteiger partial charge >= 0.3 is 0 Å². The lowest BCUT2D eigenvalue weighted by Crippen LogP contribution is -2.48. The minimum absolute atomic E-state index is 0.226. The maximum atomic E-state index is 11.3. The molecule has 0 spiro atoms. The number of aliphatic hydroxyl groups is 1. The summed E-state index contributed by atoms with van der Waals surface area (Å²) < 4.78 is 5.29. The average molecular weight is 277 g/mol. The van der Waals surface area contributed by atoms with Crippen LogP contribution in [-0.2, 0) is 5.60 Å². The maximum Gasteiger partial charge on any atom is 0.119 e. The molecule has 20 heavy (non-hydrogen) atoms. The molecule has 3 N–H and O–H groups in total. The third kappa shape index (κ3) is 2.70. The molecule has 0 aromatic heterocycles. The van der Waals surface area contributed by atoms with Gasteiger partial charge in [0.05, 0.1) is 12.7 Å². The summed E-state index contributed by atoms with van der Waals surface area (Å²) in [6.45, 7) is 2.44. The fourth-order valence-electron chi connectivity index (χ4n) is 3.53. The third-order valence-electron chi connectivity index (χ3n) is 5.12. The summed E-state index contributed by atoms with van der Waals surface area (Å²) in [6.07, 6.45) is 6.78. The van der Waals surface area contributed by atoms with Crippen LogP contribution in [0.5, 0.6) is 5.75 Å². The van der Waals surface area contributed by atoms with Crippen LogP contribution in [0.2, 0.25) is 0 Å². The highest BCUT2D eigenvalue weighted by molar-refractivity contribution is 5.33. The first-order chi connectivity index (χ1) is 9.55. The van der Waals surface area contributed by atoms with Crippen LogP contribution in [-0.4, -0.2) is 18.8 Å². The number of nitrogens with two attached hydrogens (primary N) is 1. The molecule has 3 nitrogen and oxygen atoms in total. The first kappa shape index (κ1) is 15.3. The van der Waals surface area contributed by atoms with Crippen molar-refractivity contribution in [2.45, 2.75) is 51.0 Å². The lowest BCUT2D eigenvalue weighted by atomic mass is 9.65. The molecule has 2 rings (SSSR count). The van der Waals surface area contributed by atoms with Crippen molar-refractivity contribution in [3.8, 4) is 5.75 Å². The Labute approximate surface area is 122 Å². The monoisotopic (exact) mass is 277 g/mol. The van der Waals surface area contributed by atoms with E-state index in [-0.39, 0.29) is 5.41 Å². The molecule has 1 saturated carbocycles. The third-order valence-corrected chi connectivity index (χ3v) is 5.12. The highest BCUT2D eigenvalue weighted by atomic mass is 16.5. The predicted octanol–water partition coefficient (Wildman–Crippen LogP) is 3.20. The van der Waals surface area contributed by atoms with E-state index in [0.29, 0.717) is 6.54 Å². The van der Waals surface area contributed by atoms with E-state index in [1.165, 1.54) is 12.8 Å². The molecule has 1 aliphatic rings. The SMILES string of the molecule is COc1cccc(C(C)(O)C2(CN)CCCCCC2)c1. The number of hydrogen-bond donors (Lipinski definition) is 2. The minimum atomic E-state index is -0.916. The summed E-state index contributed by atoms with van der Waals surface area (Å²) in [5, 5.41) is 11.3. The lowest BCUT2D eigenvalue weighted by Gasteiger charge is -2.45. The predicted molar refractivity (Wildman–Crippen MR) is 81.8 cm³/mol. The normalized spacial score (nSPS) is 21.8. The van der Waals surface area contributed by atoms with Crippen LogP contribution in [0.15, 0.2) is 24.3 Å². The molecule has 1 aromatic carbocycles. The van der Waals surface area contributed by atoms with Crippen LogP contribution in [0.3, 0.4) is 0 Å². The second kappa shape index (κ2) is 6.15. The number of methoxy groups -OCH3 is 1. The number of hydrogen-bond acceptors (Lipinski definition) is 3. The van der Waals surface area contributed by atoms with Crippen molar-refractivity contribution in [3.63, 3.8) is 0 Å². The molecule has 0 saturated heterocycles. The van der Waals surface area contributed by atoms with Crippen molar-refractivity contribution >= 4 is 0 Å². The Morgan fingerprint density at radius 3 is 2.45 bits per heavy atom. The van der Waals surface area contributed by atoms with Gasteiger partial charge in [-0.2, -0.15) is 0 Å². The molecule has 0 heterocycles. The largest absolute Gasteiger partial charge is 0.497 e. The molecule has 1 atom stereocenters. The average Bonchev–Trinajstić information content (AvgIpc) is 2.74. The Balaban J connectivity index is 2.38. The van der Waals surface area contributed by atoms with E-state index >= 15 is 0 Å². The Morgan fingerprint density at radius 2 is 1.90 bits per heavy atom. The van der Waals surface area contributed by atoms with Crippen molar-refractivity contribution < 1.29 is 9.84 Å². The lowest BCUT2D eigenvalue weighted by molar-refractivity contribution is -0.0815. The highest BCUT2D eigenvalue weighted by Gasteiger charge is 2.46. The van der Waals surface area contributed by atoms with Crippen LogP contribution in [0.4, 0.5) is 0 Å². The fraction of sp³-hybridized carbons (Fsp3) is 0.647. The van der Waals surface area contributed by atoms with E-state index in [9.17, 15) is 5.11 Å². The van der Waals surface area contributed by atoms with Crippen LogP contribution in [0.25, 0.3) is 0 Å². The standard InChI is InChI=1S/C17H27NO2/c1-16(19,14-8-7-9-15(12-14)20-2)17(13-18)10-5-3-4-6-11-17/h7-9,12,19H,3-6,10-11,13,18H2,1-2H3. The molecule has 1 unspecified atom stereocenters. The number of rotatable bonds is 4. The summed E-state index contributed by atoms with van der Waals surface area (Å²) in [5.74, 6) is 0.781. The summed E-state index contributed by atoms with van der Waals surface area (Å²) in [6, 6.07) is 7.75. The maximum absolute atomic E-state index is 11.3. The smallest absolute Gasteiger partial charge is 0.119 e. The summed E-state index contributed by atoms with van der Waals surface area (Å²) in [4.78, 5) is 0. The zero-order chi connectivity index (χ0) is 14.6. The van der Waals surface area contributed by atoms with E-state index < -0.39 is 5.60 Å². The quantitative estimate of drug-likeness (QED) is 0.831. The molecule has 1 aromatic rings. The van der Waals surface area contributed by atoms with Gasteiger partial charge < -0.3 is 15.6 Å². The van der Waals surface area contributed by atoms with E-state index in [1.54, 1.807) is 7.11 Å². The Hall–Kier alpha value is -1.06. The van der Waals surface area contributed by atoms with E-state index in [1.807, 2.05) is 31.2 Å². The molecule has 0 radical (unpaired) electrons. The van der Waals surface area contributed by atoms with Crippen molar-refractivity contribution in [2.24, 2.45) is 11.1 Å². The second-order valence-electron chi connectivity index (χ2n) is 6.20. The van der Waals surface area contributed by atoms with Crippen molar-refractivity contribution in [1.82, 2.24) is 0 Å². The van der Waals surface area contributed by atoms with Gasteiger partial charge in [-0.25, -0.2) is 0 Å². The molecule has 0 amide bonds. The van der Waals surface area contributed by atoms with Crippen LogP contribution in [0, 0.1) is 5.41 Å². The molecule has 1 aliphatic carbocycles. The Morgan fingerprint density at radius 1 is 1.25 bits per heavy atom. The topological polar surface area (TPSA) is 55.5 Å². The highest BCUT2D eigenvalue weighted by Crippen LogP contribution is 2.48. The van der Waals surface area contributed by atoms with Crippen LogP contribution < -0.4 is 10.5 Å². The first-order valence-corrected chi connectivity index (χ1v) is 7.63. The van der Waals surface area contributed by atoms with E-state index in [2.05, 4.69) is 0 Å². The minimum Gasteiger partial charge on any atom is -0.497 e. The van der Waals surface area contributed by atoms with Crippen molar-refractivity contribution in [3.05, 3.63) is 29.8 Å². The second-order valence-corrected chi connectivity index (χ2v) is 6.20. The van der Waals surface area contributed by atoms with E-state index in [0.717, 1.165) is 37.0 Å². The Bertz CT molecular complexity index is 434. The first-order valence-electron chi connectivity index (χ1n) is 7.63. The molecule has 1 fully saturated rings. The molecule has 112 valence electrons. The Kier molecular flexibility index (Phi) is 4.71. The van der Waals surface area contributed by atoms with Crippen LogP contribution in [0.1, 0.15) is 51.0 Å². The van der Waals surface area contributed by atoms with Gasteiger partial charge in [-0.3, -0.25) is 0 Å². The van der Waals surface area contributed by atoms with E-state index in [4.69, 9.17) is 10.5 Å². The van der Waals surface area contributed by atoms with Crippen LogP contribution >= 0.6 is 0 Å². The van der Waals surface area contributed by atoms with Gasteiger partial charge in [-0.05, 0) is 37.5 Å². The molecule has 0 bridgehead atoms. The van der Waals surface area contributed by atoms with Gasteiger partial charge in [0.1, 0.15) is 5.75 Å². The summed E-state index contributed by atoms with van der Waals surface area (Å²) >= 11 is 0. The zero-order valence-electron chi connectivity index (χ0n) is 12.7. The van der Waals surface area contributed by atoms with Gasteiger partial charge in [-0.15, -0.1) is 0 Å². The van der Waals surface area contributed by atoms with Gasteiger partial charge in [-0.1, -0.05) is 37.8 Å². The molecular weight excluding hydrogens is 250 g/mol. The van der Waals surface area contributed by atoms with Gasteiger partial charge in [0.15, 0.2) is 0 Å². The zero-order valence-corrected chi connectivity index (χ0v) is 12.7.